The summed E-state index contributed by atoms with van der Waals surface area (Å²) in [5.74, 6) is -0.0935. The Labute approximate surface area is 179 Å². The molecule has 2 aromatic carbocycles. The van der Waals surface area contributed by atoms with Crippen LogP contribution in [-0.4, -0.2) is 35.1 Å². The smallest absolute Gasteiger partial charge is 0.261 e. The number of thioether (sulfide) groups is 1. The third-order valence-electron chi connectivity index (χ3n) is 4.45. The van der Waals surface area contributed by atoms with Gasteiger partial charge < -0.3 is 16.0 Å². The van der Waals surface area contributed by atoms with Gasteiger partial charge in [0.1, 0.15) is 11.4 Å². The number of hydrogen-bond acceptors (Lipinski definition) is 6. The lowest BCUT2D eigenvalue weighted by atomic mass is 10.1. The van der Waals surface area contributed by atoms with Crippen molar-refractivity contribution in [2.75, 3.05) is 29.3 Å². The van der Waals surface area contributed by atoms with E-state index in [1.807, 2.05) is 44.4 Å². The summed E-state index contributed by atoms with van der Waals surface area (Å²) >= 11 is 1.40. The molecule has 0 aliphatic carbocycles. The van der Waals surface area contributed by atoms with Gasteiger partial charge in [-0.25, -0.2) is 9.97 Å². The van der Waals surface area contributed by atoms with Crippen LogP contribution in [0.1, 0.15) is 31.8 Å². The summed E-state index contributed by atoms with van der Waals surface area (Å²) in [4.78, 5) is 33.8. The zero-order valence-electron chi connectivity index (χ0n) is 17.2. The van der Waals surface area contributed by atoms with Crippen LogP contribution in [0, 0.1) is 13.8 Å². The molecule has 0 radical (unpaired) electrons. The van der Waals surface area contributed by atoms with Crippen LogP contribution in [-0.2, 0) is 0 Å². The van der Waals surface area contributed by atoms with Crippen molar-refractivity contribution >= 4 is 40.8 Å². The average molecular weight is 422 g/mol. The van der Waals surface area contributed by atoms with Gasteiger partial charge in [0, 0.05) is 30.2 Å². The van der Waals surface area contributed by atoms with Crippen LogP contribution in [0.2, 0.25) is 0 Å². The van der Waals surface area contributed by atoms with Crippen molar-refractivity contribution in [2.45, 2.75) is 19.0 Å². The van der Waals surface area contributed by atoms with E-state index in [-0.39, 0.29) is 11.8 Å². The van der Waals surface area contributed by atoms with Crippen molar-refractivity contribution in [2.24, 2.45) is 0 Å². The van der Waals surface area contributed by atoms with Crippen LogP contribution in [0.25, 0.3) is 0 Å². The summed E-state index contributed by atoms with van der Waals surface area (Å²) in [5.41, 5.74) is 3.97. The normalized spacial score (nSPS) is 10.4. The van der Waals surface area contributed by atoms with Gasteiger partial charge in [0.2, 0.25) is 0 Å². The fourth-order valence-electron chi connectivity index (χ4n) is 2.83. The molecule has 30 heavy (non-hydrogen) atoms. The molecule has 3 N–H and O–H groups in total. The first-order valence-electron chi connectivity index (χ1n) is 9.30. The molecular formula is C22H23N5O2S. The molecule has 0 saturated heterocycles. The van der Waals surface area contributed by atoms with Crippen molar-refractivity contribution in [3.05, 3.63) is 70.9 Å². The Kier molecular flexibility index (Phi) is 6.68. The quantitative estimate of drug-likeness (QED) is 0.404. The molecule has 0 aliphatic rings. The van der Waals surface area contributed by atoms with Gasteiger partial charge in [-0.05, 0) is 49.9 Å². The lowest BCUT2D eigenvalue weighted by molar-refractivity contribution is 0.101. The molecule has 0 aliphatic heterocycles. The Morgan fingerprint density at radius 2 is 1.80 bits per heavy atom. The largest absolute Gasteiger partial charge is 0.372 e. The molecule has 3 rings (SSSR count). The minimum absolute atomic E-state index is 0.210. The number of anilines is 3. The maximum absolute atomic E-state index is 12.8. The second-order valence-corrected chi connectivity index (χ2v) is 7.45. The predicted octanol–water partition coefficient (Wildman–Crippen LogP) is 4.36. The predicted molar refractivity (Wildman–Crippen MR) is 122 cm³/mol. The molecule has 0 fully saturated rings. The zero-order chi connectivity index (χ0) is 21.7. The topological polar surface area (TPSA) is 96.0 Å². The molecule has 1 heterocycles. The Hall–Kier alpha value is -3.39. The van der Waals surface area contributed by atoms with Gasteiger partial charge in [-0.3, -0.25) is 9.59 Å². The second kappa shape index (κ2) is 9.41. The third kappa shape index (κ3) is 4.96. The molecule has 154 valence electrons. The van der Waals surface area contributed by atoms with Crippen LogP contribution in [0.15, 0.2) is 53.8 Å². The molecule has 7 nitrogen and oxygen atoms in total. The summed E-state index contributed by atoms with van der Waals surface area (Å²) < 4.78 is 0. The first-order chi connectivity index (χ1) is 14.4. The van der Waals surface area contributed by atoms with Crippen molar-refractivity contribution in [1.82, 2.24) is 9.97 Å². The number of nitrogens with zero attached hydrogens (tertiary/aromatic N) is 2. The number of carbonyl (C=O) groups is 2. The minimum Gasteiger partial charge on any atom is -0.372 e. The molecule has 0 saturated carbocycles. The first kappa shape index (κ1) is 21.3. The van der Waals surface area contributed by atoms with Gasteiger partial charge >= 0.3 is 0 Å². The summed E-state index contributed by atoms with van der Waals surface area (Å²) in [6.45, 7) is 3.82. The molecule has 0 atom stereocenters. The van der Waals surface area contributed by atoms with Crippen molar-refractivity contribution in [3.63, 3.8) is 0 Å². The number of rotatable bonds is 6. The summed E-state index contributed by atoms with van der Waals surface area (Å²) in [6, 6.07) is 12.7. The highest BCUT2D eigenvalue weighted by atomic mass is 32.2. The van der Waals surface area contributed by atoms with E-state index in [1.54, 1.807) is 25.2 Å². The first-order valence-corrected chi connectivity index (χ1v) is 10.5. The van der Waals surface area contributed by atoms with E-state index in [4.69, 9.17) is 0 Å². The average Bonchev–Trinajstić information content (AvgIpc) is 2.75. The fraction of sp³-hybridized carbons (Fsp3) is 0.182. The zero-order valence-corrected chi connectivity index (χ0v) is 18.1. The number of hydrogen-bond donors (Lipinski definition) is 3. The molecule has 2 amide bonds. The number of nitrogens with one attached hydrogen (secondary N) is 3. The maximum atomic E-state index is 12.8. The van der Waals surface area contributed by atoms with Crippen LogP contribution in [0.4, 0.5) is 17.2 Å². The van der Waals surface area contributed by atoms with Crippen molar-refractivity contribution < 1.29 is 9.59 Å². The van der Waals surface area contributed by atoms with Crippen LogP contribution in [0.5, 0.6) is 0 Å². The third-order valence-corrected chi connectivity index (χ3v) is 5.02. The Morgan fingerprint density at radius 1 is 1.00 bits per heavy atom. The van der Waals surface area contributed by atoms with Crippen molar-refractivity contribution in [3.8, 4) is 0 Å². The highest BCUT2D eigenvalue weighted by molar-refractivity contribution is 7.98. The number of carbonyl (C=O) groups excluding carboxylic acids is 2. The number of amides is 2. The summed E-state index contributed by atoms with van der Waals surface area (Å²) in [6.07, 6.45) is 3.37. The molecular weight excluding hydrogens is 398 g/mol. The maximum Gasteiger partial charge on any atom is 0.261 e. The Balaban J connectivity index is 1.80. The van der Waals surface area contributed by atoms with E-state index in [2.05, 4.69) is 25.9 Å². The van der Waals surface area contributed by atoms with Crippen LogP contribution in [0.3, 0.4) is 0 Å². The molecule has 0 bridgehead atoms. The lowest BCUT2D eigenvalue weighted by Gasteiger charge is -2.13. The number of aromatic nitrogens is 2. The van der Waals surface area contributed by atoms with Gasteiger partial charge in [0.05, 0.1) is 0 Å². The molecule has 0 spiro atoms. The minimum atomic E-state index is -0.336. The monoisotopic (exact) mass is 421 g/mol. The standard InChI is InChI=1S/C22H23N5O2S/c1-13-6-5-7-15(10-13)20(28)25-16-9-8-14(2)18(11-16)26-21(29)17-12-24-22(30-4)27-19(17)23-3/h5-12H,1-4H3,(H,25,28)(H,26,29)(H,23,24,27). The number of benzene rings is 2. The number of aryl methyl sites for hydroxylation is 2. The fourth-order valence-corrected chi connectivity index (χ4v) is 3.18. The Bertz CT molecular complexity index is 1100. The molecule has 3 aromatic rings. The Morgan fingerprint density at radius 3 is 2.50 bits per heavy atom. The van der Waals surface area contributed by atoms with E-state index >= 15 is 0 Å². The van der Waals surface area contributed by atoms with Gasteiger partial charge in [-0.1, -0.05) is 35.5 Å². The van der Waals surface area contributed by atoms with Gasteiger partial charge in [-0.15, -0.1) is 0 Å². The highest BCUT2D eigenvalue weighted by Gasteiger charge is 2.16. The summed E-state index contributed by atoms with van der Waals surface area (Å²) in [5, 5.41) is 9.26. The van der Waals surface area contributed by atoms with Crippen molar-refractivity contribution in [1.29, 1.82) is 0 Å². The molecule has 8 heteroatoms. The molecule has 0 unspecified atom stereocenters. The van der Waals surface area contributed by atoms with Crippen LogP contribution >= 0.6 is 11.8 Å². The van der Waals surface area contributed by atoms with E-state index in [0.717, 1.165) is 11.1 Å². The van der Waals surface area contributed by atoms with E-state index in [0.29, 0.717) is 33.5 Å². The summed E-state index contributed by atoms with van der Waals surface area (Å²) in [7, 11) is 1.70. The van der Waals surface area contributed by atoms with E-state index in [1.165, 1.54) is 18.0 Å². The second-order valence-electron chi connectivity index (χ2n) is 6.68. The highest BCUT2D eigenvalue weighted by Crippen LogP contribution is 2.23. The van der Waals surface area contributed by atoms with E-state index in [9.17, 15) is 9.59 Å². The van der Waals surface area contributed by atoms with Gasteiger partial charge in [0.25, 0.3) is 11.8 Å². The van der Waals surface area contributed by atoms with Gasteiger partial charge in [-0.2, -0.15) is 0 Å². The SMILES string of the molecule is CNc1nc(SC)ncc1C(=O)Nc1cc(NC(=O)c2cccc(C)c2)ccc1C. The van der Waals surface area contributed by atoms with Gasteiger partial charge in [0.15, 0.2) is 5.16 Å². The van der Waals surface area contributed by atoms with Crippen LogP contribution < -0.4 is 16.0 Å². The van der Waals surface area contributed by atoms with E-state index < -0.39 is 0 Å². The lowest BCUT2D eigenvalue weighted by Crippen LogP contribution is -2.17. The molecule has 1 aromatic heterocycles.